The van der Waals surface area contributed by atoms with Crippen molar-refractivity contribution < 1.29 is 9.53 Å². The van der Waals surface area contributed by atoms with Crippen LogP contribution in [0.3, 0.4) is 0 Å². The van der Waals surface area contributed by atoms with E-state index >= 15 is 0 Å². The molecule has 0 radical (unpaired) electrons. The Morgan fingerprint density at radius 3 is 2.93 bits per heavy atom. The van der Waals surface area contributed by atoms with E-state index in [0.29, 0.717) is 12.3 Å². The SMILES string of the molecule is Cn1nc(C=O)c2c1CC(C)(C)OC2. The number of fused-ring (bicyclic) bond motifs is 1. The van der Waals surface area contributed by atoms with E-state index in [1.807, 2.05) is 20.9 Å². The van der Waals surface area contributed by atoms with Gasteiger partial charge in [0.25, 0.3) is 0 Å². The van der Waals surface area contributed by atoms with Gasteiger partial charge in [-0.15, -0.1) is 0 Å². The topological polar surface area (TPSA) is 44.1 Å². The van der Waals surface area contributed by atoms with Crippen LogP contribution in [0.25, 0.3) is 0 Å². The van der Waals surface area contributed by atoms with Gasteiger partial charge in [-0.2, -0.15) is 5.10 Å². The van der Waals surface area contributed by atoms with Gasteiger partial charge in [0.15, 0.2) is 6.29 Å². The molecule has 1 aromatic rings. The minimum atomic E-state index is -0.152. The van der Waals surface area contributed by atoms with Crippen molar-refractivity contribution in [3.05, 3.63) is 17.0 Å². The van der Waals surface area contributed by atoms with E-state index in [1.54, 1.807) is 4.68 Å². The zero-order valence-corrected chi connectivity index (χ0v) is 8.70. The largest absolute Gasteiger partial charge is 0.370 e. The minimum Gasteiger partial charge on any atom is -0.370 e. The van der Waals surface area contributed by atoms with Gasteiger partial charge in [0.1, 0.15) is 5.69 Å². The van der Waals surface area contributed by atoms with E-state index < -0.39 is 0 Å². The third-order valence-electron chi connectivity index (χ3n) is 2.62. The standard InChI is InChI=1S/C10H14N2O2/c1-10(2)4-9-7(6-14-10)8(5-13)11-12(9)3/h5H,4,6H2,1-3H3. The van der Waals surface area contributed by atoms with Crippen molar-refractivity contribution in [2.45, 2.75) is 32.5 Å². The molecule has 1 aliphatic rings. The summed E-state index contributed by atoms with van der Waals surface area (Å²) in [6.07, 6.45) is 1.60. The number of aldehydes is 1. The summed E-state index contributed by atoms with van der Waals surface area (Å²) in [7, 11) is 1.87. The van der Waals surface area contributed by atoms with Gasteiger partial charge in [-0.05, 0) is 13.8 Å². The van der Waals surface area contributed by atoms with Gasteiger partial charge in [0.2, 0.25) is 0 Å². The molecule has 0 N–H and O–H groups in total. The summed E-state index contributed by atoms with van der Waals surface area (Å²) >= 11 is 0. The average molecular weight is 194 g/mol. The van der Waals surface area contributed by atoms with Gasteiger partial charge in [-0.25, -0.2) is 0 Å². The molecule has 0 unspecified atom stereocenters. The highest BCUT2D eigenvalue weighted by Gasteiger charge is 2.30. The molecule has 0 saturated heterocycles. The van der Waals surface area contributed by atoms with Crippen LogP contribution >= 0.6 is 0 Å². The van der Waals surface area contributed by atoms with E-state index in [2.05, 4.69) is 5.10 Å². The first-order valence-corrected chi connectivity index (χ1v) is 4.67. The van der Waals surface area contributed by atoms with Crippen LogP contribution in [0.4, 0.5) is 0 Å². The first kappa shape index (κ1) is 9.40. The van der Waals surface area contributed by atoms with Gasteiger partial charge in [0.05, 0.1) is 12.2 Å². The highest BCUT2D eigenvalue weighted by Crippen LogP contribution is 2.28. The highest BCUT2D eigenvalue weighted by atomic mass is 16.5. The first-order chi connectivity index (χ1) is 6.53. The van der Waals surface area contributed by atoms with Gasteiger partial charge in [-0.1, -0.05) is 0 Å². The number of ether oxygens (including phenoxy) is 1. The van der Waals surface area contributed by atoms with Crippen molar-refractivity contribution in [1.82, 2.24) is 9.78 Å². The van der Waals surface area contributed by atoms with Crippen LogP contribution < -0.4 is 0 Å². The van der Waals surface area contributed by atoms with E-state index in [-0.39, 0.29) is 5.60 Å². The van der Waals surface area contributed by atoms with Crippen LogP contribution in [0.5, 0.6) is 0 Å². The maximum absolute atomic E-state index is 10.7. The van der Waals surface area contributed by atoms with Gasteiger partial charge < -0.3 is 4.74 Å². The van der Waals surface area contributed by atoms with Crippen molar-refractivity contribution in [3.8, 4) is 0 Å². The summed E-state index contributed by atoms with van der Waals surface area (Å²) < 4.78 is 7.42. The molecule has 1 aromatic heterocycles. The van der Waals surface area contributed by atoms with Crippen molar-refractivity contribution in [3.63, 3.8) is 0 Å². The molecule has 0 saturated carbocycles. The monoisotopic (exact) mass is 194 g/mol. The summed E-state index contributed by atoms with van der Waals surface area (Å²) in [6, 6.07) is 0. The summed E-state index contributed by atoms with van der Waals surface area (Å²) in [5, 5.41) is 4.14. The van der Waals surface area contributed by atoms with Crippen LogP contribution in [-0.2, 0) is 24.8 Å². The molecule has 0 fully saturated rings. The number of aromatic nitrogens is 2. The molecule has 0 amide bonds. The Kier molecular flexibility index (Phi) is 1.96. The third kappa shape index (κ3) is 1.35. The van der Waals surface area contributed by atoms with Gasteiger partial charge in [-0.3, -0.25) is 9.48 Å². The Morgan fingerprint density at radius 1 is 1.57 bits per heavy atom. The Balaban J connectivity index is 2.48. The fourth-order valence-corrected chi connectivity index (χ4v) is 1.82. The predicted molar refractivity (Wildman–Crippen MR) is 51.2 cm³/mol. The first-order valence-electron chi connectivity index (χ1n) is 4.67. The van der Waals surface area contributed by atoms with Gasteiger partial charge in [0, 0.05) is 24.7 Å². The number of rotatable bonds is 1. The maximum atomic E-state index is 10.7. The van der Waals surface area contributed by atoms with E-state index in [9.17, 15) is 4.79 Å². The molecule has 0 spiro atoms. The molecule has 2 rings (SSSR count). The molecular weight excluding hydrogens is 180 g/mol. The summed E-state index contributed by atoms with van der Waals surface area (Å²) in [6.45, 7) is 4.58. The molecule has 0 aliphatic carbocycles. The zero-order chi connectivity index (χ0) is 10.3. The molecule has 4 heteroatoms. The summed E-state index contributed by atoms with van der Waals surface area (Å²) in [5.41, 5.74) is 2.42. The smallest absolute Gasteiger partial charge is 0.170 e. The van der Waals surface area contributed by atoms with Crippen molar-refractivity contribution in [2.75, 3.05) is 0 Å². The molecular formula is C10H14N2O2. The summed E-state index contributed by atoms with van der Waals surface area (Å²) in [4.78, 5) is 10.7. The lowest BCUT2D eigenvalue weighted by Crippen LogP contribution is -2.32. The minimum absolute atomic E-state index is 0.152. The third-order valence-corrected chi connectivity index (χ3v) is 2.62. The predicted octanol–water partition coefficient (Wildman–Crippen LogP) is 1.08. The van der Waals surface area contributed by atoms with Crippen molar-refractivity contribution in [1.29, 1.82) is 0 Å². The maximum Gasteiger partial charge on any atom is 0.170 e. The number of nitrogens with zero attached hydrogens (tertiary/aromatic N) is 2. The van der Waals surface area contributed by atoms with Crippen LogP contribution in [0, 0.1) is 0 Å². The average Bonchev–Trinajstić information content (AvgIpc) is 2.41. The Labute approximate surface area is 82.9 Å². The molecule has 0 atom stereocenters. The van der Waals surface area contributed by atoms with E-state index in [0.717, 1.165) is 24.0 Å². The highest BCUT2D eigenvalue weighted by molar-refractivity contribution is 5.74. The summed E-state index contributed by atoms with van der Waals surface area (Å²) in [5.74, 6) is 0. The Bertz CT molecular complexity index is 380. The number of hydrogen-bond donors (Lipinski definition) is 0. The number of carbonyl (C=O) groups is 1. The second-order valence-electron chi connectivity index (χ2n) is 4.28. The molecule has 76 valence electrons. The molecule has 0 bridgehead atoms. The van der Waals surface area contributed by atoms with Crippen LogP contribution in [0.1, 0.15) is 35.6 Å². The lowest BCUT2D eigenvalue weighted by molar-refractivity contribution is -0.0416. The van der Waals surface area contributed by atoms with Crippen molar-refractivity contribution in [2.24, 2.45) is 7.05 Å². The molecule has 1 aliphatic heterocycles. The number of aryl methyl sites for hydroxylation is 1. The normalized spacial score (nSPS) is 19.1. The lowest BCUT2D eigenvalue weighted by atomic mass is 9.96. The second-order valence-corrected chi connectivity index (χ2v) is 4.28. The fraction of sp³-hybridized carbons (Fsp3) is 0.600. The second kappa shape index (κ2) is 2.92. The van der Waals surface area contributed by atoms with E-state index in [1.165, 1.54) is 0 Å². The van der Waals surface area contributed by atoms with Crippen molar-refractivity contribution >= 4 is 6.29 Å². The van der Waals surface area contributed by atoms with Gasteiger partial charge >= 0.3 is 0 Å². The van der Waals surface area contributed by atoms with Crippen LogP contribution in [-0.4, -0.2) is 21.7 Å². The Hall–Kier alpha value is -1.16. The van der Waals surface area contributed by atoms with Crippen LogP contribution in [0.15, 0.2) is 0 Å². The molecule has 0 aromatic carbocycles. The van der Waals surface area contributed by atoms with E-state index in [4.69, 9.17) is 4.74 Å². The number of hydrogen-bond acceptors (Lipinski definition) is 3. The quantitative estimate of drug-likeness (QED) is 0.628. The Morgan fingerprint density at radius 2 is 2.29 bits per heavy atom. The van der Waals surface area contributed by atoms with Crippen LogP contribution in [0.2, 0.25) is 0 Å². The molecule has 2 heterocycles. The molecule has 4 nitrogen and oxygen atoms in total. The molecule has 14 heavy (non-hydrogen) atoms. The lowest BCUT2D eigenvalue weighted by Gasteiger charge is -2.30. The fourth-order valence-electron chi connectivity index (χ4n) is 1.82. The number of carbonyl (C=O) groups excluding carboxylic acids is 1. The zero-order valence-electron chi connectivity index (χ0n) is 8.70.